The van der Waals surface area contributed by atoms with Crippen molar-refractivity contribution < 1.29 is 9.50 Å². The quantitative estimate of drug-likeness (QED) is 0.705. The predicted molar refractivity (Wildman–Crippen MR) is 99.7 cm³/mol. The van der Waals surface area contributed by atoms with E-state index >= 15 is 0 Å². The summed E-state index contributed by atoms with van der Waals surface area (Å²) in [6.07, 6.45) is 5.94. The second kappa shape index (κ2) is 8.89. The van der Waals surface area contributed by atoms with Crippen LogP contribution >= 0.6 is 0 Å². The number of hydrogen-bond donors (Lipinski definition) is 3. The van der Waals surface area contributed by atoms with Crippen molar-refractivity contribution in [1.82, 2.24) is 15.0 Å². The molecule has 0 aliphatic heterocycles. The second-order valence-electron chi connectivity index (χ2n) is 6.64. The van der Waals surface area contributed by atoms with Gasteiger partial charge in [-0.3, -0.25) is 4.98 Å². The summed E-state index contributed by atoms with van der Waals surface area (Å²) in [5.41, 5.74) is 1.55. The Balaban J connectivity index is 1.81. The molecule has 0 bridgehead atoms. The lowest BCUT2D eigenvalue weighted by Gasteiger charge is -2.27. The summed E-state index contributed by atoms with van der Waals surface area (Å²) in [5.74, 6) is 1.07. The van der Waals surface area contributed by atoms with E-state index in [4.69, 9.17) is 0 Å². The van der Waals surface area contributed by atoms with E-state index in [1.54, 1.807) is 25.4 Å². The highest BCUT2D eigenvalue weighted by molar-refractivity contribution is 5.72. The molecule has 2 aromatic heterocycles. The zero-order chi connectivity index (χ0) is 18.4. The van der Waals surface area contributed by atoms with Crippen LogP contribution in [0.2, 0.25) is 0 Å². The van der Waals surface area contributed by atoms with E-state index in [-0.39, 0.29) is 18.7 Å². The first kappa shape index (κ1) is 18.5. The number of nitrogens with one attached hydrogen (secondary N) is 2. The molecule has 26 heavy (non-hydrogen) atoms. The summed E-state index contributed by atoms with van der Waals surface area (Å²) in [6, 6.07) is 6.79. The molecule has 1 saturated carbocycles. The molecule has 7 heteroatoms. The molecule has 1 aliphatic rings. The summed E-state index contributed by atoms with van der Waals surface area (Å²) >= 11 is 0. The smallest absolute Gasteiger partial charge is 0.224 e. The van der Waals surface area contributed by atoms with Crippen LogP contribution in [0.3, 0.4) is 0 Å². The summed E-state index contributed by atoms with van der Waals surface area (Å²) in [7, 11) is 0. The molecule has 1 radical (unpaired) electrons. The summed E-state index contributed by atoms with van der Waals surface area (Å²) < 4.78 is 13.5. The molecule has 0 saturated heterocycles. The minimum Gasteiger partial charge on any atom is -0.393 e. The standard InChI is InChI=1S/C19H25FN5O/c1-2-13(20)11-22-19-23-12-16(17-5-3-4-10-21-17)18(25-19)24-14-6-8-15(26)9-7-14/h3,5,10,12-15,26H,2,6-9,11H2,1H3,(H2,22,23,24,25)/t13-,14?,15?/m0/s1. The maximum absolute atomic E-state index is 13.5. The number of anilines is 2. The van der Waals surface area contributed by atoms with Gasteiger partial charge in [0, 0.05) is 31.0 Å². The number of rotatable bonds is 7. The average molecular weight is 358 g/mol. The molecule has 3 N–H and O–H groups in total. The van der Waals surface area contributed by atoms with E-state index in [1.807, 2.05) is 6.07 Å². The van der Waals surface area contributed by atoms with Crippen molar-refractivity contribution in [3.63, 3.8) is 0 Å². The van der Waals surface area contributed by atoms with Crippen molar-refractivity contribution in [3.8, 4) is 11.3 Å². The zero-order valence-electron chi connectivity index (χ0n) is 15.0. The van der Waals surface area contributed by atoms with Crippen molar-refractivity contribution in [2.75, 3.05) is 17.2 Å². The number of pyridine rings is 1. The topological polar surface area (TPSA) is 83.0 Å². The molecule has 0 unspecified atom stereocenters. The number of aromatic nitrogens is 3. The Labute approximate surface area is 153 Å². The third-order valence-electron chi connectivity index (χ3n) is 4.64. The number of nitrogens with zero attached hydrogens (tertiary/aromatic N) is 3. The van der Waals surface area contributed by atoms with Gasteiger partial charge in [0.15, 0.2) is 0 Å². The number of hydrogen-bond acceptors (Lipinski definition) is 6. The Morgan fingerprint density at radius 1 is 1.31 bits per heavy atom. The summed E-state index contributed by atoms with van der Waals surface area (Å²) in [6.45, 7) is 1.99. The fraction of sp³-hybridized carbons (Fsp3) is 0.526. The lowest BCUT2D eigenvalue weighted by Crippen LogP contribution is -2.29. The van der Waals surface area contributed by atoms with Crippen molar-refractivity contribution in [2.24, 2.45) is 0 Å². The molecule has 2 heterocycles. The Morgan fingerprint density at radius 2 is 2.12 bits per heavy atom. The van der Waals surface area contributed by atoms with Gasteiger partial charge in [0.1, 0.15) is 12.0 Å². The highest BCUT2D eigenvalue weighted by Gasteiger charge is 2.21. The molecule has 3 rings (SSSR count). The van der Waals surface area contributed by atoms with Gasteiger partial charge in [0.05, 0.1) is 17.4 Å². The van der Waals surface area contributed by atoms with Crippen molar-refractivity contribution >= 4 is 11.8 Å². The lowest BCUT2D eigenvalue weighted by atomic mass is 9.93. The van der Waals surface area contributed by atoms with Crippen LogP contribution in [-0.2, 0) is 0 Å². The third kappa shape index (κ3) is 4.88. The number of aliphatic hydroxyl groups is 1. The SMILES string of the molecule is CC[C@H](F)CNc1ncc(-c2cc[c]cn2)c(NC2CCC(O)CC2)n1. The zero-order valence-corrected chi connectivity index (χ0v) is 15.0. The molecular weight excluding hydrogens is 333 g/mol. The average Bonchev–Trinajstić information content (AvgIpc) is 2.68. The molecule has 0 amide bonds. The van der Waals surface area contributed by atoms with Gasteiger partial charge in [-0.05, 0) is 38.2 Å². The van der Waals surface area contributed by atoms with Crippen LogP contribution in [0.15, 0.2) is 24.5 Å². The Bertz CT molecular complexity index is 692. The minimum atomic E-state index is -0.930. The van der Waals surface area contributed by atoms with E-state index in [9.17, 15) is 9.50 Å². The highest BCUT2D eigenvalue weighted by Crippen LogP contribution is 2.28. The molecule has 6 nitrogen and oxygen atoms in total. The normalized spacial score (nSPS) is 21.2. The van der Waals surface area contributed by atoms with Gasteiger partial charge in [-0.2, -0.15) is 4.98 Å². The van der Waals surface area contributed by atoms with Gasteiger partial charge in [0.25, 0.3) is 0 Å². The van der Waals surface area contributed by atoms with Gasteiger partial charge < -0.3 is 15.7 Å². The second-order valence-corrected chi connectivity index (χ2v) is 6.64. The number of halogens is 1. The molecule has 1 aliphatic carbocycles. The van der Waals surface area contributed by atoms with Crippen LogP contribution in [0.25, 0.3) is 11.3 Å². The van der Waals surface area contributed by atoms with Gasteiger partial charge in [-0.1, -0.05) is 13.0 Å². The maximum atomic E-state index is 13.5. The number of alkyl halides is 1. The van der Waals surface area contributed by atoms with Crippen LogP contribution in [-0.4, -0.2) is 44.9 Å². The van der Waals surface area contributed by atoms with E-state index in [0.29, 0.717) is 18.2 Å². The summed E-state index contributed by atoms with van der Waals surface area (Å²) in [5, 5.41) is 16.1. The van der Waals surface area contributed by atoms with Crippen LogP contribution < -0.4 is 10.6 Å². The molecule has 1 atom stereocenters. The Hall–Kier alpha value is -2.28. The fourth-order valence-corrected chi connectivity index (χ4v) is 3.00. The van der Waals surface area contributed by atoms with E-state index in [0.717, 1.165) is 36.9 Å². The van der Waals surface area contributed by atoms with Crippen molar-refractivity contribution in [1.29, 1.82) is 0 Å². The first-order valence-electron chi connectivity index (χ1n) is 9.17. The highest BCUT2D eigenvalue weighted by atomic mass is 19.1. The maximum Gasteiger partial charge on any atom is 0.224 e. The van der Waals surface area contributed by atoms with Gasteiger partial charge in [-0.15, -0.1) is 0 Å². The van der Waals surface area contributed by atoms with Gasteiger partial charge in [0.2, 0.25) is 5.95 Å². The predicted octanol–water partition coefficient (Wildman–Crippen LogP) is 3.21. The minimum absolute atomic E-state index is 0.184. The summed E-state index contributed by atoms with van der Waals surface area (Å²) in [4.78, 5) is 13.2. The van der Waals surface area contributed by atoms with E-state index in [1.165, 1.54) is 0 Å². The molecule has 1 fully saturated rings. The number of aliphatic hydroxyl groups excluding tert-OH is 1. The molecule has 0 aromatic carbocycles. The Kier molecular flexibility index (Phi) is 6.33. The lowest BCUT2D eigenvalue weighted by molar-refractivity contribution is 0.126. The fourth-order valence-electron chi connectivity index (χ4n) is 3.00. The molecule has 0 spiro atoms. The molecule has 139 valence electrons. The van der Waals surface area contributed by atoms with Crippen LogP contribution in [0.4, 0.5) is 16.2 Å². The Morgan fingerprint density at radius 3 is 2.81 bits per heavy atom. The van der Waals surface area contributed by atoms with Gasteiger partial charge in [-0.25, -0.2) is 9.37 Å². The monoisotopic (exact) mass is 358 g/mol. The first-order valence-corrected chi connectivity index (χ1v) is 9.17. The first-order chi connectivity index (χ1) is 12.7. The molecular formula is C19H25FN5O. The van der Waals surface area contributed by atoms with E-state index in [2.05, 4.69) is 31.7 Å². The van der Waals surface area contributed by atoms with Crippen molar-refractivity contribution in [3.05, 3.63) is 30.6 Å². The van der Waals surface area contributed by atoms with Crippen LogP contribution in [0.5, 0.6) is 0 Å². The van der Waals surface area contributed by atoms with Crippen LogP contribution in [0, 0.1) is 6.07 Å². The van der Waals surface area contributed by atoms with Gasteiger partial charge >= 0.3 is 0 Å². The van der Waals surface area contributed by atoms with E-state index < -0.39 is 6.17 Å². The largest absolute Gasteiger partial charge is 0.393 e. The third-order valence-corrected chi connectivity index (χ3v) is 4.64. The molecule has 2 aromatic rings. The van der Waals surface area contributed by atoms with Crippen molar-refractivity contribution in [2.45, 2.75) is 57.3 Å². The van der Waals surface area contributed by atoms with Crippen LogP contribution in [0.1, 0.15) is 39.0 Å².